The zero-order chi connectivity index (χ0) is 13.0. The molecule has 0 aromatic carbocycles. The lowest BCUT2D eigenvalue weighted by atomic mass is 10.2. The lowest BCUT2D eigenvalue weighted by Crippen LogP contribution is -2.19. The van der Waals surface area contributed by atoms with Gasteiger partial charge in [0.25, 0.3) is 0 Å². The molecule has 0 amide bonds. The molecule has 0 spiro atoms. The molecular weight excluding hydrogens is 294 g/mol. The summed E-state index contributed by atoms with van der Waals surface area (Å²) < 4.78 is 6.33. The van der Waals surface area contributed by atoms with Crippen molar-refractivity contribution in [2.45, 2.75) is 32.9 Å². The average molecular weight is 310 g/mol. The first-order valence-corrected chi connectivity index (χ1v) is 6.76. The summed E-state index contributed by atoms with van der Waals surface area (Å²) in [6.07, 6.45) is 4.32. The predicted octanol–water partition coefficient (Wildman–Crippen LogP) is 3.25. The molecule has 96 valence electrons. The number of nitrogens with zero attached hydrogens (tertiary/aromatic N) is 2. The summed E-state index contributed by atoms with van der Waals surface area (Å²) >= 11 is 3.44. The summed E-state index contributed by atoms with van der Waals surface area (Å²) in [5.41, 5.74) is 1.93. The van der Waals surface area contributed by atoms with E-state index < -0.39 is 0 Å². The lowest BCUT2D eigenvalue weighted by Gasteiger charge is -2.12. The lowest BCUT2D eigenvalue weighted by molar-refractivity contribution is 0.499. The van der Waals surface area contributed by atoms with Crippen molar-refractivity contribution in [2.75, 3.05) is 0 Å². The molecule has 0 aliphatic rings. The molecule has 1 N–H and O–H groups in total. The normalized spacial score (nSPS) is 12.6. The standard InChI is InChI=1S/C13H16BrN3O/c1-3-13-17-11(8-18-13)7-16-9(2)12-6-10(14)4-5-15-12/h4-6,8-9,16H,3,7H2,1-2H3. The van der Waals surface area contributed by atoms with E-state index in [0.29, 0.717) is 6.54 Å². The van der Waals surface area contributed by atoms with E-state index in [1.54, 1.807) is 12.5 Å². The summed E-state index contributed by atoms with van der Waals surface area (Å²) in [5, 5.41) is 3.37. The van der Waals surface area contributed by atoms with Crippen molar-refractivity contribution in [3.63, 3.8) is 0 Å². The molecule has 0 fully saturated rings. The van der Waals surface area contributed by atoms with E-state index >= 15 is 0 Å². The zero-order valence-electron chi connectivity index (χ0n) is 10.5. The van der Waals surface area contributed by atoms with Crippen molar-refractivity contribution in [3.8, 4) is 0 Å². The highest BCUT2D eigenvalue weighted by molar-refractivity contribution is 9.10. The Balaban J connectivity index is 1.93. The molecule has 0 aliphatic carbocycles. The number of pyridine rings is 1. The molecule has 1 atom stereocenters. The predicted molar refractivity (Wildman–Crippen MR) is 73.1 cm³/mol. The number of aromatic nitrogens is 2. The van der Waals surface area contributed by atoms with Crippen LogP contribution >= 0.6 is 15.9 Å². The fraction of sp³-hybridized carbons (Fsp3) is 0.385. The number of hydrogen-bond acceptors (Lipinski definition) is 4. The highest BCUT2D eigenvalue weighted by Crippen LogP contribution is 2.15. The van der Waals surface area contributed by atoms with Crippen LogP contribution in [0.5, 0.6) is 0 Å². The van der Waals surface area contributed by atoms with E-state index in [-0.39, 0.29) is 6.04 Å². The third-order valence-corrected chi connectivity index (χ3v) is 3.17. The van der Waals surface area contributed by atoms with Crippen molar-refractivity contribution >= 4 is 15.9 Å². The molecule has 2 aromatic heterocycles. The van der Waals surface area contributed by atoms with Gasteiger partial charge in [-0.15, -0.1) is 0 Å². The number of halogens is 1. The Labute approximate surface area is 115 Å². The topological polar surface area (TPSA) is 51.0 Å². The third-order valence-electron chi connectivity index (χ3n) is 2.68. The van der Waals surface area contributed by atoms with Crippen LogP contribution in [0.4, 0.5) is 0 Å². The maximum Gasteiger partial charge on any atom is 0.193 e. The van der Waals surface area contributed by atoms with Crippen LogP contribution in [0.2, 0.25) is 0 Å². The van der Waals surface area contributed by atoms with Gasteiger partial charge >= 0.3 is 0 Å². The van der Waals surface area contributed by atoms with Gasteiger partial charge in [0.05, 0.1) is 11.4 Å². The molecule has 5 heteroatoms. The van der Waals surface area contributed by atoms with Crippen LogP contribution in [0, 0.1) is 0 Å². The van der Waals surface area contributed by atoms with Gasteiger partial charge in [-0.05, 0) is 19.1 Å². The van der Waals surface area contributed by atoms with Gasteiger partial charge in [-0.3, -0.25) is 4.98 Å². The first-order valence-electron chi connectivity index (χ1n) is 5.97. The molecule has 18 heavy (non-hydrogen) atoms. The number of hydrogen-bond donors (Lipinski definition) is 1. The second kappa shape index (κ2) is 6.11. The maximum atomic E-state index is 5.30. The molecule has 4 nitrogen and oxygen atoms in total. The molecule has 0 radical (unpaired) electrons. The second-order valence-electron chi connectivity index (χ2n) is 4.09. The van der Waals surface area contributed by atoms with Crippen LogP contribution in [-0.2, 0) is 13.0 Å². The summed E-state index contributed by atoms with van der Waals surface area (Å²) in [5.74, 6) is 0.778. The van der Waals surface area contributed by atoms with Gasteiger partial charge in [0.15, 0.2) is 5.89 Å². The number of oxazole rings is 1. The summed E-state index contributed by atoms with van der Waals surface area (Å²) in [6.45, 7) is 4.78. The minimum Gasteiger partial charge on any atom is -0.449 e. The van der Waals surface area contributed by atoms with E-state index in [2.05, 4.69) is 38.1 Å². The van der Waals surface area contributed by atoms with Crippen molar-refractivity contribution in [2.24, 2.45) is 0 Å². The van der Waals surface area contributed by atoms with E-state index in [4.69, 9.17) is 4.42 Å². The van der Waals surface area contributed by atoms with E-state index in [1.165, 1.54) is 0 Å². The molecule has 0 bridgehead atoms. The Kier molecular flexibility index (Phi) is 4.49. The van der Waals surface area contributed by atoms with Crippen LogP contribution in [0.25, 0.3) is 0 Å². The van der Waals surface area contributed by atoms with Crippen LogP contribution in [0.3, 0.4) is 0 Å². The monoisotopic (exact) mass is 309 g/mol. The van der Waals surface area contributed by atoms with Gasteiger partial charge in [0.2, 0.25) is 0 Å². The minimum atomic E-state index is 0.171. The number of aryl methyl sites for hydroxylation is 1. The molecule has 2 rings (SSSR count). The Morgan fingerprint density at radius 1 is 1.50 bits per heavy atom. The van der Waals surface area contributed by atoms with Gasteiger partial charge in [0, 0.05) is 29.7 Å². The molecular formula is C13H16BrN3O. The van der Waals surface area contributed by atoms with Gasteiger partial charge in [-0.25, -0.2) is 4.98 Å². The van der Waals surface area contributed by atoms with E-state index in [1.807, 2.05) is 19.1 Å². The molecule has 0 saturated heterocycles. The third kappa shape index (κ3) is 3.40. The van der Waals surface area contributed by atoms with E-state index in [9.17, 15) is 0 Å². The van der Waals surface area contributed by atoms with Gasteiger partial charge in [0.1, 0.15) is 6.26 Å². The first kappa shape index (κ1) is 13.2. The second-order valence-corrected chi connectivity index (χ2v) is 5.00. The number of nitrogens with one attached hydrogen (secondary N) is 1. The Hall–Kier alpha value is -1.20. The minimum absolute atomic E-state index is 0.171. The van der Waals surface area contributed by atoms with E-state index in [0.717, 1.165) is 28.2 Å². The summed E-state index contributed by atoms with van der Waals surface area (Å²) in [7, 11) is 0. The molecule has 2 heterocycles. The molecule has 0 saturated carbocycles. The van der Waals surface area contributed by atoms with Gasteiger partial charge in [-0.1, -0.05) is 22.9 Å². The summed E-state index contributed by atoms with van der Waals surface area (Å²) in [4.78, 5) is 8.69. The fourth-order valence-electron chi connectivity index (χ4n) is 1.61. The molecule has 1 unspecified atom stereocenters. The van der Waals surface area contributed by atoms with Crippen molar-refractivity contribution < 1.29 is 4.42 Å². The molecule has 0 aliphatic heterocycles. The van der Waals surface area contributed by atoms with Crippen LogP contribution in [0.1, 0.15) is 37.2 Å². The Morgan fingerprint density at radius 3 is 3.00 bits per heavy atom. The Morgan fingerprint density at radius 2 is 2.33 bits per heavy atom. The fourth-order valence-corrected chi connectivity index (χ4v) is 1.97. The average Bonchev–Trinajstić information content (AvgIpc) is 2.84. The largest absolute Gasteiger partial charge is 0.449 e. The van der Waals surface area contributed by atoms with Crippen molar-refractivity contribution in [3.05, 3.63) is 46.3 Å². The SMILES string of the molecule is CCc1nc(CNC(C)c2cc(Br)ccn2)co1. The van der Waals surface area contributed by atoms with Crippen LogP contribution in [0.15, 0.2) is 33.5 Å². The highest BCUT2D eigenvalue weighted by atomic mass is 79.9. The van der Waals surface area contributed by atoms with Crippen LogP contribution in [-0.4, -0.2) is 9.97 Å². The zero-order valence-corrected chi connectivity index (χ0v) is 12.1. The van der Waals surface area contributed by atoms with Gasteiger partial charge in [-0.2, -0.15) is 0 Å². The smallest absolute Gasteiger partial charge is 0.193 e. The van der Waals surface area contributed by atoms with Crippen LogP contribution < -0.4 is 5.32 Å². The molecule has 2 aromatic rings. The van der Waals surface area contributed by atoms with Crippen molar-refractivity contribution in [1.29, 1.82) is 0 Å². The Bertz CT molecular complexity index is 512. The highest BCUT2D eigenvalue weighted by Gasteiger charge is 2.08. The first-order chi connectivity index (χ1) is 8.69. The maximum absolute atomic E-state index is 5.30. The quantitative estimate of drug-likeness (QED) is 0.921. The summed E-state index contributed by atoms with van der Waals surface area (Å²) in [6, 6.07) is 4.10. The van der Waals surface area contributed by atoms with Crippen molar-refractivity contribution in [1.82, 2.24) is 15.3 Å². The number of rotatable bonds is 5. The van der Waals surface area contributed by atoms with Gasteiger partial charge < -0.3 is 9.73 Å².